The summed E-state index contributed by atoms with van der Waals surface area (Å²) < 4.78 is 34.0. The molecule has 0 aliphatic heterocycles. The summed E-state index contributed by atoms with van der Waals surface area (Å²) in [6.45, 7) is 5.99. The Balaban J connectivity index is 0.000000190. The molecule has 303 valence electrons. The summed E-state index contributed by atoms with van der Waals surface area (Å²) in [7, 11) is 0. The number of nitrogens with zero attached hydrogens (tertiary/aromatic N) is 4. The first-order valence-electron chi connectivity index (χ1n) is 20.5. The van der Waals surface area contributed by atoms with E-state index in [1.807, 2.05) is 61.8 Å². The number of halogens is 1. The van der Waals surface area contributed by atoms with Crippen LogP contribution < -0.4 is 4.40 Å². The Bertz CT molecular complexity index is 3490. The van der Waals surface area contributed by atoms with Gasteiger partial charge in [-0.15, -0.1) is 29.5 Å². The summed E-state index contributed by atoms with van der Waals surface area (Å²) in [6, 6.07) is 46.5. The van der Waals surface area contributed by atoms with Gasteiger partial charge in [0.25, 0.3) is 0 Å². The van der Waals surface area contributed by atoms with Gasteiger partial charge in [-0.25, -0.2) is 4.98 Å². The van der Waals surface area contributed by atoms with Crippen LogP contribution in [0.15, 0.2) is 138 Å². The Morgan fingerprint density at radius 2 is 1.59 bits per heavy atom. The number of furan rings is 1. The van der Waals surface area contributed by atoms with Crippen molar-refractivity contribution in [3.8, 4) is 28.3 Å². The van der Waals surface area contributed by atoms with E-state index in [0.29, 0.717) is 5.71 Å². The molecule has 5 aromatic heterocycles. The Kier molecular flexibility index (Phi) is 10.4. The van der Waals surface area contributed by atoms with Crippen molar-refractivity contribution in [3.63, 3.8) is 0 Å². The number of aromatic nitrogens is 4. The van der Waals surface area contributed by atoms with Gasteiger partial charge in [0.15, 0.2) is 0 Å². The third-order valence-corrected chi connectivity index (χ3v) is 16.6. The van der Waals surface area contributed by atoms with E-state index in [2.05, 4.69) is 130 Å². The van der Waals surface area contributed by atoms with E-state index in [4.69, 9.17) is 10.8 Å². The molecule has 0 N–H and O–H groups in total. The predicted molar refractivity (Wildman–Crippen MR) is 251 cm³/mol. The molecule has 0 aliphatic carbocycles. The molecule has 0 amide bonds. The van der Waals surface area contributed by atoms with Gasteiger partial charge in [0.05, 0.1) is 32.8 Å². The number of imidazole rings is 1. The van der Waals surface area contributed by atoms with E-state index >= 15 is 0 Å². The Morgan fingerprint density at radius 1 is 0.820 bits per heavy atom. The predicted octanol–water partition coefficient (Wildman–Crippen LogP) is 14.0. The van der Waals surface area contributed by atoms with Crippen molar-refractivity contribution in [2.75, 3.05) is 0 Å². The van der Waals surface area contributed by atoms with Gasteiger partial charge in [0.1, 0.15) is 0 Å². The molecule has 0 unspecified atom stereocenters. The Hall–Kier alpha value is -5.51. The van der Waals surface area contributed by atoms with E-state index in [0.717, 1.165) is 72.1 Å². The zero-order chi connectivity index (χ0) is 42.2. The molecule has 1 radical (unpaired) electrons. The molecule has 0 fully saturated rings. The molecule has 9 heteroatoms. The average Bonchev–Trinajstić information content (AvgIpc) is 3.96. The monoisotopic (exact) mass is 1060 g/mol. The minimum Gasteiger partial charge on any atom is 0 e. The molecule has 6 aromatic carbocycles. The van der Waals surface area contributed by atoms with E-state index < -0.39 is 19.2 Å². The molecule has 0 spiro atoms. The topological polar surface area (TPSA) is 56.7 Å². The van der Waals surface area contributed by atoms with Crippen molar-refractivity contribution in [3.05, 3.63) is 163 Å². The first-order chi connectivity index (χ1) is 29.3. The molecule has 11 rings (SSSR count). The van der Waals surface area contributed by atoms with Gasteiger partial charge in [0.2, 0.25) is 5.71 Å². The first kappa shape index (κ1) is 39.6. The van der Waals surface area contributed by atoms with Crippen LogP contribution in [0.25, 0.3) is 92.4 Å². The number of thiophene rings is 1. The minimum atomic E-state index is -2.10. The molecule has 0 atom stereocenters. The molecule has 0 saturated carbocycles. The summed E-state index contributed by atoms with van der Waals surface area (Å²) in [5, 5.41) is 6.84. The van der Waals surface area contributed by atoms with Crippen LogP contribution in [0.5, 0.6) is 0 Å². The number of hydrogen-bond acceptors (Lipinski definition) is 5. The van der Waals surface area contributed by atoms with Gasteiger partial charge >= 0.3 is 125 Å². The van der Waals surface area contributed by atoms with Crippen LogP contribution in [0.2, 0.25) is 17.3 Å². The summed E-state index contributed by atoms with van der Waals surface area (Å²) >= 11 is -0.267. The van der Waals surface area contributed by atoms with Gasteiger partial charge < -0.3 is 8.98 Å². The second kappa shape index (κ2) is 16.1. The first-order valence-corrected chi connectivity index (χ1v) is 28.2. The molecular formula is C52H41FGeIrN4OS-2. The third kappa shape index (κ3) is 7.19. The minimum absolute atomic E-state index is 0. The second-order valence-corrected chi connectivity index (χ2v) is 28.1. The van der Waals surface area contributed by atoms with Gasteiger partial charge in [0, 0.05) is 52.5 Å². The number of rotatable bonds is 5. The average molecular weight is 1050 g/mol. The van der Waals surface area contributed by atoms with Crippen molar-refractivity contribution in [1.82, 2.24) is 19.5 Å². The fourth-order valence-electron chi connectivity index (χ4n) is 8.31. The van der Waals surface area contributed by atoms with Crippen molar-refractivity contribution >= 4 is 93.0 Å². The molecule has 5 nitrogen and oxygen atoms in total. The van der Waals surface area contributed by atoms with Crippen molar-refractivity contribution < 1.29 is 30.3 Å². The van der Waals surface area contributed by atoms with Crippen LogP contribution >= 0.6 is 11.3 Å². The smallest absolute Gasteiger partial charge is 0 e. The van der Waals surface area contributed by atoms with Crippen LogP contribution in [0.3, 0.4) is 0 Å². The van der Waals surface area contributed by atoms with Crippen LogP contribution in [0.1, 0.15) is 32.2 Å². The number of hydrogen-bond donors (Lipinski definition) is 0. The molecule has 11 aromatic rings. The summed E-state index contributed by atoms with van der Waals surface area (Å²) in [4.78, 5) is 14.4. The normalized spacial score (nSPS) is 12.3. The maximum atomic E-state index is 13.0. The Labute approximate surface area is 375 Å². The molecule has 0 aliphatic rings. The number of benzene rings is 6. The maximum Gasteiger partial charge on any atom is 0 e. The summed E-state index contributed by atoms with van der Waals surface area (Å²) in [5.74, 6) is 6.73. The molecule has 5 heterocycles. The number of fused-ring (bicyclic) bond motifs is 9. The van der Waals surface area contributed by atoms with Crippen LogP contribution in [-0.4, -0.2) is 32.8 Å². The van der Waals surface area contributed by atoms with E-state index in [9.17, 15) is 4.39 Å². The zero-order valence-corrected chi connectivity index (χ0v) is 39.8. The van der Waals surface area contributed by atoms with Crippen LogP contribution in [0, 0.1) is 24.9 Å². The van der Waals surface area contributed by atoms with Gasteiger partial charge in [-0.05, 0) is 42.1 Å². The van der Waals surface area contributed by atoms with Gasteiger partial charge in [-0.3, -0.25) is 4.98 Å². The zero-order valence-electron chi connectivity index (χ0n) is 35.5. The summed E-state index contributed by atoms with van der Waals surface area (Å²) in [5.41, 5.74) is 9.08. The Morgan fingerprint density at radius 3 is 2.38 bits per heavy atom. The number of para-hydroxylation sites is 2. The fourth-order valence-corrected chi connectivity index (χ4v) is 12.9. The largest absolute Gasteiger partial charge is 0 e. The number of pyridine rings is 2. The molecule has 61 heavy (non-hydrogen) atoms. The van der Waals surface area contributed by atoms with Crippen molar-refractivity contribution in [2.45, 2.75) is 43.9 Å². The van der Waals surface area contributed by atoms with Crippen molar-refractivity contribution in [1.29, 1.82) is 0 Å². The fraction of sp³-hybridized carbons (Fsp3) is 0.135. The molecule has 0 bridgehead atoms. The standard InChI is InChI=1S/C35H20N3OS.C17H21FGeN.Ir/c1-20-17-18-28(33-30(20)23-11-4-7-16-29(23)40-33)38-27-15-6-5-14-26(27)37-34(38)25-13-8-12-24-31-22-10-3-2-9-21(22)19-36-35(31)39-32(24)25;1-12(2)15-10-17(13-6-8-14(18)9-7-13)20-11-16(15)19(3,4)5;/h2-12,14-19H,1H3;6,8-12H,1-5H3;/q2*-1;/i;12D;. The molecule has 0 saturated heterocycles. The number of aryl methyl sites for hydroxylation is 1. The van der Waals surface area contributed by atoms with Gasteiger partial charge in [-0.2, -0.15) is 0 Å². The van der Waals surface area contributed by atoms with E-state index in [1.165, 1.54) is 42.3 Å². The quantitative estimate of drug-likeness (QED) is 0.127. The second-order valence-electron chi connectivity index (χ2n) is 16.5. The summed E-state index contributed by atoms with van der Waals surface area (Å²) in [6.07, 6.45) is 3.79. The van der Waals surface area contributed by atoms with E-state index in [1.54, 1.807) is 6.07 Å². The third-order valence-electron chi connectivity index (χ3n) is 11.2. The van der Waals surface area contributed by atoms with Crippen LogP contribution in [0.4, 0.5) is 4.39 Å². The van der Waals surface area contributed by atoms with E-state index in [-0.39, 0.29) is 25.9 Å². The van der Waals surface area contributed by atoms with Gasteiger partial charge in [-0.1, -0.05) is 71.6 Å². The SMILES string of the molecule is Cc1ccc(-n2c(-c3[c-]ccc4c3oc3ncc5ccccc5c34)nc3ccccc32)c2sc3ccccc3c12.[2H]C(C)(C)c1cc(-c2[c-]cc(F)cc2)nc[c]1[Ge]([CH3])([CH3])[CH3].[Ir]. The van der Waals surface area contributed by atoms with Crippen molar-refractivity contribution in [2.24, 2.45) is 0 Å². The molecular weight excluding hydrogens is 1010 g/mol. The maximum absolute atomic E-state index is 13.0. The van der Waals surface area contributed by atoms with Crippen LogP contribution in [-0.2, 0) is 20.1 Å².